The first-order chi connectivity index (χ1) is 23.4. The van der Waals surface area contributed by atoms with E-state index in [9.17, 15) is 9.59 Å². The molecule has 7 heteroatoms. The molecule has 7 rings (SSSR count). The molecular weight excluding hydrogens is 602 g/mol. The molecule has 3 unspecified atom stereocenters. The second-order valence-corrected chi connectivity index (χ2v) is 13.0. The van der Waals surface area contributed by atoms with Gasteiger partial charge in [-0.3, -0.25) is 14.2 Å². The first-order valence-electron chi connectivity index (χ1n) is 16.8. The third-order valence-corrected chi connectivity index (χ3v) is 9.70. The number of ether oxygens (including phenoxy) is 4. The van der Waals surface area contributed by atoms with Gasteiger partial charge in [-0.15, -0.1) is 0 Å². The summed E-state index contributed by atoms with van der Waals surface area (Å²) >= 11 is 0. The summed E-state index contributed by atoms with van der Waals surface area (Å²) in [5, 5.41) is 0.861. The van der Waals surface area contributed by atoms with Gasteiger partial charge in [-0.1, -0.05) is 72.8 Å². The number of hydrogen-bond acceptors (Lipinski definition) is 6. The Labute approximate surface area is 281 Å². The number of aromatic nitrogens is 1. The molecule has 0 bridgehead atoms. The third kappa shape index (κ3) is 6.53. The minimum atomic E-state index is -0.471. The number of esters is 1. The first kappa shape index (κ1) is 31.9. The van der Waals surface area contributed by atoms with Crippen molar-refractivity contribution in [3.8, 4) is 5.75 Å². The van der Waals surface area contributed by atoms with E-state index in [0.717, 1.165) is 52.5 Å². The fourth-order valence-corrected chi connectivity index (χ4v) is 7.14. The molecule has 7 nitrogen and oxygen atoms in total. The maximum atomic E-state index is 14.2. The molecule has 1 aromatic heterocycles. The lowest BCUT2D eigenvalue weighted by atomic mass is 9.97. The number of rotatable bonds is 9. The van der Waals surface area contributed by atoms with E-state index in [0.29, 0.717) is 17.9 Å². The minimum absolute atomic E-state index is 0.0710. The molecule has 0 amide bonds. The third-order valence-electron chi connectivity index (χ3n) is 9.70. The zero-order chi connectivity index (χ0) is 33.2. The van der Waals surface area contributed by atoms with Gasteiger partial charge in [-0.05, 0) is 92.1 Å². The normalized spacial score (nSPS) is 18.4. The Morgan fingerprint density at radius 3 is 2.33 bits per heavy atom. The number of carbonyl (C=O) groups is 2. The Morgan fingerprint density at radius 2 is 1.60 bits per heavy atom. The largest absolute Gasteiger partial charge is 0.485 e. The van der Waals surface area contributed by atoms with Crippen LogP contribution in [0.4, 0.5) is 0 Å². The van der Waals surface area contributed by atoms with Crippen molar-refractivity contribution in [3.05, 3.63) is 136 Å². The summed E-state index contributed by atoms with van der Waals surface area (Å²) in [6, 6.07) is 31.5. The molecule has 0 saturated carbocycles. The van der Waals surface area contributed by atoms with Crippen molar-refractivity contribution in [2.45, 2.75) is 71.6 Å². The van der Waals surface area contributed by atoms with Gasteiger partial charge in [-0.25, -0.2) is 0 Å². The molecule has 2 aliphatic rings. The van der Waals surface area contributed by atoms with Crippen LogP contribution in [0.1, 0.15) is 57.2 Å². The summed E-state index contributed by atoms with van der Waals surface area (Å²) in [4.78, 5) is 27.2. The summed E-state index contributed by atoms with van der Waals surface area (Å²) in [5.41, 5.74) is 7.24. The van der Waals surface area contributed by atoms with Gasteiger partial charge in [0.25, 0.3) is 5.91 Å². The van der Waals surface area contributed by atoms with Crippen LogP contribution < -0.4 is 4.74 Å². The van der Waals surface area contributed by atoms with E-state index in [4.69, 9.17) is 18.9 Å². The van der Waals surface area contributed by atoms with E-state index in [1.165, 1.54) is 11.1 Å². The van der Waals surface area contributed by atoms with Crippen LogP contribution in [0, 0.1) is 19.8 Å². The Morgan fingerprint density at radius 1 is 0.896 bits per heavy atom. The summed E-state index contributed by atoms with van der Waals surface area (Å²) < 4.78 is 26.4. The van der Waals surface area contributed by atoms with Crippen LogP contribution in [0.2, 0.25) is 0 Å². The molecule has 1 saturated heterocycles. The van der Waals surface area contributed by atoms with E-state index >= 15 is 0 Å². The number of benzene rings is 4. The van der Waals surface area contributed by atoms with E-state index in [2.05, 4.69) is 31.2 Å². The molecule has 2 heterocycles. The predicted molar refractivity (Wildman–Crippen MR) is 184 cm³/mol. The molecule has 4 aromatic carbocycles. The Kier molecular flexibility index (Phi) is 9.15. The van der Waals surface area contributed by atoms with Crippen LogP contribution in [-0.4, -0.2) is 41.5 Å². The van der Waals surface area contributed by atoms with Crippen molar-refractivity contribution in [2.24, 2.45) is 5.92 Å². The summed E-state index contributed by atoms with van der Waals surface area (Å²) in [7, 11) is 0. The zero-order valence-electron chi connectivity index (χ0n) is 27.7. The molecule has 1 fully saturated rings. The average Bonchev–Trinajstić information content (AvgIpc) is 3.65. The van der Waals surface area contributed by atoms with Gasteiger partial charge in [0.15, 0.2) is 12.4 Å². The van der Waals surface area contributed by atoms with E-state index < -0.39 is 6.29 Å². The summed E-state index contributed by atoms with van der Waals surface area (Å²) in [6.45, 7) is 6.73. The minimum Gasteiger partial charge on any atom is -0.485 e. The number of carbonyl (C=O) groups excluding carboxylic acids is 2. The lowest BCUT2D eigenvalue weighted by Gasteiger charge is -2.36. The molecule has 48 heavy (non-hydrogen) atoms. The maximum absolute atomic E-state index is 14.2. The molecule has 1 aliphatic heterocycles. The van der Waals surface area contributed by atoms with Crippen LogP contribution in [0.15, 0.2) is 97.1 Å². The van der Waals surface area contributed by atoms with Crippen LogP contribution in [-0.2, 0) is 44.9 Å². The van der Waals surface area contributed by atoms with Crippen molar-refractivity contribution >= 4 is 22.8 Å². The second kappa shape index (κ2) is 13.8. The lowest BCUT2D eigenvalue weighted by Crippen LogP contribution is -2.46. The summed E-state index contributed by atoms with van der Waals surface area (Å²) in [5.74, 6) is 0.375. The number of fused-ring (bicyclic) bond motifs is 2. The molecule has 0 spiro atoms. The number of hydrogen-bond donors (Lipinski definition) is 0. The monoisotopic (exact) mass is 643 g/mol. The molecule has 0 N–H and O–H groups in total. The van der Waals surface area contributed by atoms with Gasteiger partial charge >= 0.3 is 5.97 Å². The number of nitrogens with zero attached hydrogens (tertiary/aromatic N) is 1. The zero-order valence-corrected chi connectivity index (χ0v) is 27.7. The highest BCUT2D eigenvalue weighted by Crippen LogP contribution is 2.35. The first-order valence-corrected chi connectivity index (χ1v) is 16.8. The van der Waals surface area contributed by atoms with E-state index in [1.807, 2.05) is 86.6 Å². The van der Waals surface area contributed by atoms with Crippen molar-refractivity contribution in [1.29, 1.82) is 0 Å². The smallest absolute Gasteiger partial charge is 0.310 e. The molecule has 5 aromatic rings. The van der Waals surface area contributed by atoms with Crippen LogP contribution in [0.3, 0.4) is 0 Å². The van der Waals surface area contributed by atoms with Gasteiger partial charge in [0.05, 0.1) is 24.6 Å². The molecular formula is C41H41NO6. The highest BCUT2D eigenvalue weighted by molar-refractivity contribution is 6.05. The average molecular weight is 644 g/mol. The maximum Gasteiger partial charge on any atom is 0.310 e. The van der Waals surface area contributed by atoms with Gasteiger partial charge in [0.2, 0.25) is 0 Å². The number of para-hydroxylation sites is 1. The van der Waals surface area contributed by atoms with E-state index in [-0.39, 0.29) is 43.0 Å². The van der Waals surface area contributed by atoms with Crippen molar-refractivity contribution < 1.29 is 28.5 Å². The van der Waals surface area contributed by atoms with Crippen molar-refractivity contribution in [1.82, 2.24) is 4.57 Å². The highest BCUT2D eigenvalue weighted by atomic mass is 16.7. The molecule has 1 aliphatic carbocycles. The van der Waals surface area contributed by atoms with Crippen molar-refractivity contribution in [3.63, 3.8) is 0 Å². The SMILES string of the molecule is Cc1cc(OC(C2Cc3ccccc3C2)C2OCCC(C)O2)ccc1C(=O)n1c(C)c(CC(=O)OCc2ccccc2)c2ccccc21. The standard InChI is InChI=1S/C41H41NO6/c1-26-21-33(48-39(41-45-20-19-27(2)47-41)32-22-30-13-7-8-14-31(30)23-32)17-18-34(26)40(44)42-28(3)36(35-15-9-10-16-37(35)42)24-38(43)46-25-29-11-5-4-6-12-29/h4-18,21,27,32,39,41H,19-20,22-25H2,1-3H3. The summed E-state index contributed by atoms with van der Waals surface area (Å²) in [6.07, 6.45) is 2.04. The van der Waals surface area contributed by atoms with Gasteiger partial charge in [0.1, 0.15) is 12.4 Å². The molecule has 3 atom stereocenters. The van der Waals surface area contributed by atoms with Crippen LogP contribution in [0.25, 0.3) is 10.9 Å². The van der Waals surface area contributed by atoms with E-state index in [1.54, 1.807) is 4.57 Å². The number of aryl methyl sites for hydroxylation is 1. The van der Waals surface area contributed by atoms with Gasteiger partial charge < -0.3 is 18.9 Å². The predicted octanol–water partition coefficient (Wildman–Crippen LogP) is 7.55. The van der Waals surface area contributed by atoms with Gasteiger partial charge in [-0.2, -0.15) is 0 Å². The van der Waals surface area contributed by atoms with Crippen LogP contribution in [0.5, 0.6) is 5.75 Å². The second-order valence-electron chi connectivity index (χ2n) is 13.0. The Balaban J connectivity index is 1.13. The van der Waals surface area contributed by atoms with Crippen molar-refractivity contribution in [2.75, 3.05) is 6.61 Å². The molecule has 0 radical (unpaired) electrons. The quantitative estimate of drug-likeness (QED) is 0.155. The highest BCUT2D eigenvalue weighted by Gasteiger charge is 2.39. The fourth-order valence-electron chi connectivity index (χ4n) is 7.14. The fraction of sp³-hybridized carbons (Fsp3) is 0.317. The topological polar surface area (TPSA) is 76.0 Å². The molecule has 246 valence electrons. The van der Waals surface area contributed by atoms with Crippen LogP contribution >= 0.6 is 0 Å². The lowest BCUT2D eigenvalue weighted by molar-refractivity contribution is -0.248. The Hall–Kier alpha value is -4.72. The Bertz CT molecular complexity index is 1920. The van der Waals surface area contributed by atoms with Gasteiger partial charge in [0, 0.05) is 22.6 Å².